The number of aryl methyl sites for hydroxylation is 2. The smallest absolute Gasteiger partial charge is 0.262 e. The SMILES string of the molecule is COc1cc(-c2noc(-c3ccc(C)cc3)n2)ccc1OCC(=O)Nc1cccc(C)c1. The molecule has 0 atom stereocenters. The van der Waals surface area contributed by atoms with E-state index in [-0.39, 0.29) is 12.5 Å². The molecule has 1 aromatic heterocycles. The first-order chi connectivity index (χ1) is 15.5. The third kappa shape index (κ3) is 4.95. The van der Waals surface area contributed by atoms with Gasteiger partial charge in [-0.1, -0.05) is 35.0 Å². The predicted octanol–water partition coefficient (Wildman–Crippen LogP) is 5.05. The minimum Gasteiger partial charge on any atom is -0.493 e. The summed E-state index contributed by atoms with van der Waals surface area (Å²) in [5, 5.41) is 6.88. The van der Waals surface area contributed by atoms with E-state index in [1.807, 2.05) is 62.4 Å². The van der Waals surface area contributed by atoms with Gasteiger partial charge in [-0.15, -0.1) is 0 Å². The Morgan fingerprint density at radius 2 is 1.72 bits per heavy atom. The Balaban J connectivity index is 1.45. The van der Waals surface area contributed by atoms with Crippen LogP contribution in [0.3, 0.4) is 0 Å². The molecule has 0 fully saturated rings. The second-order valence-corrected chi connectivity index (χ2v) is 7.36. The van der Waals surface area contributed by atoms with E-state index in [1.54, 1.807) is 18.2 Å². The molecule has 7 nitrogen and oxygen atoms in total. The first-order valence-electron chi connectivity index (χ1n) is 10.1. The van der Waals surface area contributed by atoms with Gasteiger partial charge in [0.25, 0.3) is 11.8 Å². The number of anilines is 1. The molecule has 4 aromatic rings. The number of rotatable bonds is 7. The Hall–Kier alpha value is -4.13. The molecule has 7 heteroatoms. The van der Waals surface area contributed by atoms with Crippen LogP contribution in [0.25, 0.3) is 22.8 Å². The summed E-state index contributed by atoms with van der Waals surface area (Å²) in [5.74, 6) is 1.52. The molecular formula is C25H23N3O4. The first kappa shape index (κ1) is 21.1. The Labute approximate surface area is 186 Å². The number of hydrogen-bond donors (Lipinski definition) is 1. The van der Waals surface area contributed by atoms with Crippen LogP contribution in [0.5, 0.6) is 11.5 Å². The molecule has 1 amide bonds. The minimum atomic E-state index is -0.261. The molecule has 0 bridgehead atoms. The van der Waals surface area contributed by atoms with Gasteiger partial charge in [-0.3, -0.25) is 4.79 Å². The number of amides is 1. The molecule has 0 saturated heterocycles. The molecule has 32 heavy (non-hydrogen) atoms. The Morgan fingerprint density at radius 1 is 0.938 bits per heavy atom. The highest BCUT2D eigenvalue weighted by atomic mass is 16.5. The molecule has 1 heterocycles. The van der Waals surface area contributed by atoms with Crippen LogP contribution in [-0.2, 0) is 4.79 Å². The average Bonchev–Trinajstić information content (AvgIpc) is 3.28. The molecule has 0 spiro atoms. The number of carbonyl (C=O) groups excluding carboxylic acids is 1. The summed E-state index contributed by atoms with van der Waals surface area (Å²) >= 11 is 0. The summed E-state index contributed by atoms with van der Waals surface area (Å²) in [4.78, 5) is 16.7. The molecule has 0 aliphatic carbocycles. The van der Waals surface area contributed by atoms with Gasteiger partial charge in [0.05, 0.1) is 7.11 Å². The highest BCUT2D eigenvalue weighted by Gasteiger charge is 2.14. The number of hydrogen-bond acceptors (Lipinski definition) is 6. The number of nitrogens with one attached hydrogen (secondary N) is 1. The molecule has 0 unspecified atom stereocenters. The van der Waals surface area contributed by atoms with E-state index in [9.17, 15) is 4.79 Å². The summed E-state index contributed by atoms with van der Waals surface area (Å²) in [5.41, 5.74) is 4.50. The second-order valence-electron chi connectivity index (χ2n) is 7.36. The molecule has 0 radical (unpaired) electrons. The number of nitrogens with zero attached hydrogens (tertiary/aromatic N) is 2. The molecule has 0 aliphatic heterocycles. The molecule has 0 saturated carbocycles. The lowest BCUT2D eigenvalue weighted by molar-refractivity contribution is -0.118. The van der Waals surface area contributed by atoms with Crippen LogP contribution in [0.4, 0.5) is 5.69 Å². The van der Waals surface area contributed by atoms with Gasteiger partial charge < -0.3 is 19.3 Å². The average molecular weight is 429 g/mol. The van der Waals surface area contributed by atoms with Crippen LogP contribution in [0, 0.1) is 13.8 Å². The van der Waals surface area contributed by atoms with Crippen LogP contribution in [0.15, 0.2) is 71.3 Å². The lowest BCUT2D eigenvalue weighted by Gasteiger charge is -2.12. The molecular weight excluding hydrogens is 406 g/mol. The standard InChI is InChI=1S/C25H23N3O4/c1-16-7-9-18(10-8-16)25-27-24(28-32-25)19-11-12-21(22(14-19)30-3)31-15-23(29)26-20-6-4-5-17(2)13-20/h4-14H,15H2,1-3H3,(H,26,29). The van der Waals surface area contributed by atoms with Gasteiger partial charge in [0.2, 0.25) is 5.82 Å². The van der Waals surface area contributed by atoms with Crippen molar-refractivity contribution in [3.05, 3.63) is 77.9 Å². The highest BCUT2D eigenvalue weighted by molar-refractivity contribution is 5.92. The number of methoxy groups -OCH3 is 1. The fourth-order valence-electron chi connectivity index (χ4n) is 3.14. The summed E-state index contributed by atoms with van der Waals surface area (Å²) in [7, 11) is 1.53. The third-order valence-corrected chi connectivity index (χ3v) is 4.81. The van der Waals surface area contributed by atoms with E-state index in [2.05, 4.69) is 15.5 Å². The lowest BCUT2D eigenvalue weighted by atomic mass is 10.1. The van der Waals surface area contributed by atoms with E-state index < -0.39 is 0 Å². The predicted molar refractivity (Wildman–Crippen MR) is 122 cm³/mol. The van der Waals surface area contributed by atoms with Crippen LogP contribution in [-0.4, -0.2) is 29.8 Å². The largest absolute Gasteiger partial charge is 0.493 e. The van der Waals surface area contributed by atoms with E-state index in [4.69, 9.17) is 14.0 Å². The summed E-state index contributed by atoms with van der Waals surface area (Å²) < 4.78 is 16.5. The summed E-state index contributed by atoms with van der Waals surface area (Å²) in [6.07, 6.45) is 0. The Bertz CT molecular complexity index is 1230. The zero-order chi connectivity index (χ0) is 22.5. The van der Waals surface area contributed by atoms with Crippen LogP contribution < -0.4 is 14.8 Å². The number of benzene rings is 3. The fourth-order valence-corrected chi connectivity index (χ4v) is 3.14. The maximum absolute atomic E-state index is 12.2. The van der Waals surface area contributed by atoms with Gasteiger partial charge in [0.1, 0.15) is 0 Å². The maximum Gasteiger partial charge on any atom is 0.262 e. The first-order valence-corrected chi connectivity index (χ1v) is 10.1. The van der Waals surface area contributed by atoms with Crippen molar-refractivity contribution in [2.24, 2.45) is 0 Å². The molecule has 3 aromatic carbocycles. The van der Waals surface area contributed by atoms with E-state index in [1.165, 1.54) is 7.11 Å². The van der Waals surface area contributed by atoms with Crippen molar-refractivity contribution < 1.29 is 18.8 Å². The number of carbonyl (C=O) groups is 1. The van der Waals surface area contributed by atoms with Gasteiger partial charge in [-0.05, 0) is 61.9 Å². The zero-order valence-corrected chi connectivity index (χ0v) is 18.1. The zero-order valence-electron chi connectivity index (χ0n) is 18.1. The van der Waals surface area contributed by atoms with Crippen molar-refractivity contribution in [3.8, 4) is 34.3 Å². The monoisotopic (exact) mass is 429 g/mol. The van der Waals surface area contributed by atoms with Crippen molar-refractivity contribution in [3.63, 3.8) is 0 Å². The van der Waals surface area contributed by atoms with Crippen LogP contribution in [0.1, 0.15) is 11.1 Å². The van der Waals surface area contributed by atoms with Crippen molar-refractivity contribution in [1.82, 2.24) is 10.1 Å². The Kier molecular flexibility index (Phi) is 6.17. The third-order valence-electron chi connectivity index (χ3n) is 4.81. The quantitative estimate of drug-likeness (QED) is 0.443. The van der Waals surface area contributed by atoms with E-state index in [0.717, 1.165) is 22.4 Å². The van der Waals surface area contributed by atoms with Crippen LogP contribution in [0.2, 0.25) is 0 Å². The van der Waals surface area contributed by atoms with E-state index >= 15 is 0 Å². The molecule has 4 rings (SSSR count). The van der Waals surface area contributed by atoms with Gasteiger partial charge in [0, 0.05) is 16.8 Å². The molecule has 162 valence electrons. The molecule has 1 N–H and O–H groups in total. The van der Waals surface area contributed by atoms with Crippen LogP contribution >= 0.6 is 0 Å². The van der Waals surface area contributed by atoms with Crippen molar-refractivity contribution in [2.75, 3.05) is 19.0 Å². The number of aromatic nitrogens is 2. The summed E-state index contributed by atoms with van der Waals surface area (Å²) in [6.45, 7) is 3.83. The van der Waals surface area contributed by atoms with Gasteiger partial charge in [-0.2, -0.15) is 4.98 Å². The van der Waals surface area contributed by atoms with E-state index in [0.29, 0.717) is 28.8 Å². The van der Waals surface area contributed by atoms with Crippen molar-refractivity contribution in [1.29, 1.82) is 0 Å². The Morgan fingerprint density at radius 3 is 2.47 bits per heavy atom. The maximum atomic E-state index is 12.2. The second kappa shape index (κ2) is 9.34. The van der Waals surface area contributed by atoms with Gasteiger partial charge in [0.15, 0.2) is 18.1 Å². The van der Waals surface area contributed by atoms with Crippen molar-refractivity contribution >= 4 is 11.6 Å². The topological polar surface area (TPSA) is 86.5 Å². The fraction of sp³-hybridized carbons (Fsp3) is 0.160. The van der Waals surface area contributed by atoms with Gasteiger partial charge in [-0.25, -0.2) is 0 Å². The number of ether oxygens (including phenoxy) is 2. The highest BCUT2D eigenvalue weighted by Crippen LogP contribution is 2.32. The van der Waals surface area contributed by atoms with Gasteiger partial charge >= 0.3 is 0 Å². The summed E-state index contributed by atoms with van der Waals surface area (Å²) in [6, 6.07) is 20.7. The normalized spacial score (nSPS) is 10.6. The molecule has 0 aliphatic rings. The van der Waals surface area contributed by atoms with Crippen molar-refractivity contribution in [2.45, 2.75) is 13.8 Å². The minimum absolute atomic E-state index is 0.149. The lowest BCUT2D eigenvalue weighted by Crippen LogP contribution is -2.20.